The molecule has 0 aliphatic heterocycles. The van der Waals surface area contributed by atoms with Gasteiger partial charge in [-0.25, -0.2) is 0 Å². The summed E-state index contributed by atoms with van der Waals surface area (Å²) in [4.78, 5) is 1.29. The first-order chi connectivity index (χ1) is 10.2. The van der Waals surface area contributed by atoms with E-state index in [9.17, 15) is 0 Å². The lowest BCUT2D eigenvalue weighted by molar-refractivity contribution is 0.885. The molecule has 0 aliphatic carbocycles. The molecule has 3 rings (SSSR count). The molecule has 1 heterocycles. The molecule has 106 valence electrons. The Kier molecular flexibility index (Phi) is 4.42. The van der Waals surface area contributed by atoms with E-state index in [-0.39, 0.29) is 6.04 Å². The first-order valence-electron chi connectivity index (χ1n) is 6.89. The quantitative estimate of drug-likeness (QED) is 0.573. The first kappa shape index (κ1) is 14.4. The Hall–Kier alpha value is -1.58. The molecule has 0 spiro atoms. The molecule has 3 heteroatoms. The van der Waals surface area contributed by atoms with Crippen molar-refractivity contribution in [1.29, 1.82) is 0 Å². The van der Waals surface area contributed by atoms with Crippen molar-refractivity contribution in [2.75, 3.05) is 5.32 Å². The van der Waals surface area contributed by atoms with Crippen LogP contribution < -0.4 is 5.32 Å². The molecule has 0 bridgehead atoms. The van der Waals surface area contributed by atoms with Crippen LogP contribution in [-0.2, 0) is 0 Å². The van der Waals surface area contributed by atoms with E-state index >= 15 is 0 Å². The lowest BCUT2D eigenvalue weighted by atomic mass is 10.1. The van der Waals surface area contributed by atoms with E-state index in [0.717, 1.165) is 4.47 Å². The second-order valence-corrected chi connectivity index (χ2v) is 6.80. The second kappa shape index (κ2) is 6.46. The van der Waals surface area contributed by atoms with Crippen molar-refractivity contribution in [3.8, 4) is 10.4 Å². The molecular formula is C18H16BrNS. The third-order valence-electron chi connectivity index (χ3n) is 3.46. The number of hydrogen-bond donors (Lipinski definition) is 1. The zero-order valence-electron chi connectivity index (χ0n) is 11.7. The SMILES string of the molecule is CC(Nc1ccccc1-c1cccs1)c1ccc(Br)cc1. The third-order valence-corrected chi connectivity index (χ3v) is 4.89. The molecule has 0 fully saturated rings. The summed E-state index contributed by atoms with van der Waals surface area (Å²) in [6, 6.07) is 21.5. The Labute approximate surface area is 137 Å². The molecular weight excluding hydrogens is 342 g/mol. The fourth-order valence-electron chi connectivity index (χ4n) is 2.32. The van der Waals surface area contributed by atoms with E-state index in [2.05, 4.69) is 94.2 Å². The average molecular weight is 358 g/mol. The molecule has 3 aromatic rings. The Morgan fingerprint density at radius 2 is 1.71 bits per heavy atom. The van der Waals surface area contributed by atoms with Crippen LogP contribution in [0.2, 0.25) is 0 Å². The lowest BCUT2D eigenvalue weighted by Gasteiger charge is -2.18. The number of nitrogens with one attached hydrogen (secondary N) is 1. The van der Waals surface area contributed by atoms with Gasteiger partial charge in [-0.1, -0.05) is 52.3 Å². The third kappa shape index (κ3) is 3.36. The maximum Gasteiger partial charge on any atom is 0.0485 e. The second-order valence-electron chi connectivity index (χ2n) is 4.94. The molecule has 1 aromatic heterocycles. The van der Waals surface area contributed by atoms with Crippen LogP contribution in [0.15, 0.2) is 70.5 Å². The molecule has 0 amide bonds. The minimum Gasteiger partial charge on any atom is -0.378 e. The molecule has 1 unspecified atom stereocenters. The highest BCUT2D eigenvalue weighted by molar-refractivity contribution is 9.10. The number of thiophene rings is 1. The van der Waals surface area contributed by atoms with Gasteiger partial charge < -0.3 is 5.32 Å². The van der Waals surface area contributed by atoms with Crippen molar-refractivity contribution in [1.82, 2.24) is 0 Å². The number of para-hydroxylation sites is 1. The summed E-state index contributed by atoms with van der Waals surface area (Å²) < 4.78 is 1.11. The summed E-state index contributed by atoms with van der Waals surface area (Å²) in [7, 11) is 0. The zero-order valence-corrected chi connectivity index (χ0v) is 14.1. The minimum atomic E-state index is 0.263. The lowest BCUT2D eigenvalue weighted by Crippen LogP contribution is -2.07. The molecule has 0 saturated carbocycles. The number of anilines is 1. The Balaban J connectivity index is 1.86. The van der Waals surface area contributed by atoms with Crippen molar-refractivity contribution in [3.05, 3.63) is 76.1 Å². The van der Waals surface area contributed by atoms with Gasteiger partial charge in [-0.2, -0.15) is 0 Å². The van der Waals surface area contributed by atoms with E-state index in [1.54, 1.807) is 11.3 Å². The standard InChI is InChI=1S/C18H16BrNS/c1-13(14-8-10-15(19)11-9-14)20-17-6-3-2-5-16(17)18-7-4-12-21-18/h2-13,20H,1H3. The molecule has 0 aliphatic rings. The topological polar surface area (TPSA) is 12.0 Å². The fraction of sp³-hybridized carbons (Fsp3) is 0.111. The van der Waals surface area contributed by atoms with E-state index in [4.69, 9.17) is 0 Å². The van der Waals surface area contributed by atoms with Gasteiger partial charge in [-0.3, -0.25) is 0 Å². The number of hydrogen-bond acceptors (Lipinski definition) is 2. The predicted molar refractivity (Wildman–Crippen MR) is 95.9 cm³/mol. The van der Waals surface area contributed by atoms with Crippen LogP contribution in [0.3, 0.4) is 0 Å². The molecule has 2 aromatic carbocycles. The van der Waals surface area contributed by atoms with E-state index in [1.807, 2.05) is 0 Å². The number of benzene rings is 2. The molecule has 1 atom stereocenters. The van der Waals surface area contributed by atoms with Gasteiger partial charge >= 0.3 is 0 Å². The van der Waals surface area contributed by atoms with E-state index in [0.29, 0.717) is 0 Å². The van der Waals surface area contributed by atoms with Crippen LogP contribution in [0.1, 0.15) is 18.5 Å². The molecule has 0 saturated heterocycles. The summed E-state index contributed by atoms with van der Waals surface area (Å²) >= 11 is 5.25. The van der Waals surface area contributed by atoms with Crippen molar-refractivity contribution >= 4 is 33.0 Å². The number of rotatable bonds is 4. The van der Waals surface area contributed by atoms with Crippen LogP contribution in [-0.4, -0.2) is 0 Å². The highest BCUT2D eigenvalue weighted by atomic mass is 79.9. The first-order valence-corrected chi connectivity index (χ1v) is 8.56. The molecule has 0 radical (unpaired) electrons. The predicted octanol–water partition coefficient (Wildman–Crippen LogP) is 6.35. The van der Waals surface area contributed by atoms with E-state index in [1.165, 1.54) is 21.7 Å². The summed E-state index contributed by atoms with van der Waals surface area (Å²) in [5.41, 5.74) is 3.71. The van der Waals surface area contributed by atoms with Gasteiger partial charge in [0.2, 0.25) is 0 Å². The summed E-state index contributed by atoms with van der Waals surface area (Å²) in [6.45, 7) is 2.19. The monoisotopic (exact) mass is 357 g/mol. The van der Waals surface area contributed by atoms with Crippen LogP contribution in [0, 0.1) is 0 Å². The molecule has 1 N–H and O–H groups in total. The van der Waals surface area contributed by atoms with Crippen LogP contribution in [0.5, 0.6) is 0 Å². The summed E-state index contributed by atoms with van der Waals surface area (Å²) in [5, 5.41) is 5.74. The summed E-state index contributed by atoms with van der Waals surface area (Å²) in [5.74, 6) is 0. The Morgan fingerprint density at radius 1 is 0.952 bits per heavy atom. The molecule has 21 heavy (non-hydrogen) atoms. The maximum absolute atomic E-state index is 3.63. The number of halogens is 1. The highest BCUT2D eigenvalue weighted by Gasteiger charge is 2.09. The van der Waals surface area contributed by atoms with Gasteiger partial charge in [0.15, 0.2) is 0 Å². The summed E-state index contributed by atoms with van der Waals surface area (Å²) in [6.07, 6.45) is 0. The van der Waals surface area contributed by atoms with Crippen molar-refractivity contribution < 1.29 is 0 Å². The van der Waals surface area contributed by atoms with Crippen molar-refractivity contribution in [2.24, 2.45) is 0 Å². The van der Waals surface area contributed by atoms with Crippen LogP contribution in [0.25, 0.3) is 10.4 Å². The van der Waals surface area contributed by atoms with Crippen molar-refractivity contribution in [2.45, 2.75) is 13.0 Å². The van der Waals surface area contributed by atoms with Gasteiger partial charge in [0, 0.05) is 26.6 Å². The minimum absolute atomic E-state index is 0.263. The van der Waals surface area contributed by atoms with Crippen LogP contribution in [0.4, 0.5) is 5.69 Å². The zero-order chi connectivity index (χ0) is 14.7. The van der Waals surface area contributed by atoms with Gasteiger partial charge in [0.25, 0.3) is 0 Å². The Bertz CT molecular complexity index is 704. The maximum atomic E-state index is 3.63. The van der Waals surface area contributed by atoms with Gasteiger partial charge in [-0.15, -0.1) is 11.3 Å². The average Bonchev–Trinajstić information content (AvgIpc) is 3.02. The molecule has 1 nitrogen and oxygen atoms in total. The highest BCUT2D eigenvalue weighted by Crippen LogP contribution is 2.33. The normalized spacial score (nSPS) is 12.1. The van der Waals surface area contributed by atoms with Gasteiger partial charge in [0.05, 0.1) is 0 Å². The van der Waals surface area contributed by atoms with E-state index < -0.39 is 0 Å². The Morgan fingerprint density at radius 3 is 2.43 bits per heavy atom. The smallest absolute Gasteiger partial charge is 0.0485 e. The largest absolute Gasteiger partial charge is 0.378 e. The van der Waals surface area contributed by atoms with Gasteiger partial charge in [0.1, 0.15) is 0 Å². The van der Waals surface area contributed by atoms with Crippen molar-refractivity contribution in [3.63, 3.8) is 0 Å². The van der Waals surface area contributed by atoms with Crippen LogP contribution >= 0.6 is 27.3 Å². The van der Waals surface area contributed by atoms with Gasteiger partial charge in [-0.05, 0) is 42.1 Å². The fourth-order valence-corrected chi connectivity index (χ4v) is 3.35.